The Morgan fingerprint density at radius 2 is 2.17 bits per heavy atom. The van der Waals surface area contributed by atoms with Gasteiger partial charge in [0.1, 0.15) is 0 Å². The highest BCUT2D eigenvalue weighted by atomic mass is 16.5. The molecule has 0 saturated carbocycles. The van der Waals surface area contributed by atoms with Crippen LogP contribution in [0.25, 0.3) is 17.1 Å². The van der Waals surface area contributed by atoms with Gasteiger partial charge in [-0.2, -0.15) is 4.98 Å². The summed E-state index contributed by atoms with van der Waals surface area (Å²) < 4.78 is 6.93. The van der Waals surface area contributed by atoms with Gasteiger partial charge in [0.05, 0.1) is 18.6 Å². The van der Waals surface area contributed by atoms with Crippen molar-refractivity contribution in [3.63, 3.8) is 0 Å². The van der Waals surface area contributed by atoms with Gasteiger partial charge in [-0.25, -0.2) is 4.98 Å². The number of hydrogen-bond acceptors (Lipinski definition) is 5. The first-order valence-corrected chi connectivity index (χ1v) is 5.49. The van der Waals surface area contributed by atoms with Crippen LogP contribution in [-0.2, 0) is 6.54 Å². The summed E-state index contributed by atoms with van der Waals surface area (Å²) in [4.78, 5) is 8.27. The summed E-state index contributed by atoms with van der Waals surface area (Å²) in [6.07, 6.45) is 5.31. The molecule has 2 aromatic heterocycles. The summed E-state index contributed by atoms with van der Waals surface area (Å²) in [5.41, 5.74) is 7.28. The lowest BCUT2D eigenvalue weighted by molar-refractivity contribution is 0.380. The lowest BCUT2D eigenvalue weighted by Gasteiger charge is -2.06. The van der Waals surface area contributed by atoms with Crippen LogP contribution >= 0.6 is 0 Å². The molecule has 0 radical (unpaired) electrons. The maximum Gasteiger partial charge on any atom is 0.240 e. The molecule has 0 spiro atoms. The van der Waals surface area contributed by atoms with Crippen molar-refractivity contribution in [2.45, 2.75) is 6.54 Å². The number of hydrogen-bond donors (Lipinski definition) is 1. The Morgan fingerprint density at radius 1 is 1.28 bits per heavy atom. The van der Waals surface area contributed by atoms with Crippen molar-refractivity contribution >= 4 is 0 Å². The third-order valence-electron chi connectivity index (χ3n) is 2.57. The summed E-state index contributed by atoms with van der Waals surface area (Å²) in [7, 11) is 0. The Morgan fingerprint density at radius 3 is 2.89 bits per heavy atom. The number of aromatic nitrogens is 4. The zero-order valence-electron chi connectivity index (χ0n) is 9.52. The summed E-state index contributed by atoms with van der Waals surface area (Å²) in [6.45, 7) is 0.236. The average Bonchev–Trinajstić information content (AvgIpc) is 3.10. The van der Waals surface area contributed by atoms with Crippen LogP contribution < -0.4 is 5.73 Å². The van der Waals surface area contributed by atoms with E-state index in [1.165, 1.54) is 0 Å². The molecule has 0 aliphatic rings. The van der Waals surface area contributed by atoms with E-state index in [0.717, 1.165) is 11.3 Å². The first-order chi connectivity index (χ1) is 8.88. The first kappa shape index (κ1) is 10.7. The molecule has 0 atom stereocenters. The predicted octanol–water partition coefficient (Wildman–Crippen LogP) is 1.38. The Kier molecular flexibility index (Phi) is 2.62. The Balaban J connectivity index is 2.12. The second-order valence-electron chi connectivity index (χ2n) is 3.70. The zero-order chi connectivity index (χ0) is 12.4. The van der Waals surface area contributed by atoms with Crippen molar-refractivity contribution in [2.24, 2.45) is 5.73 Å². The molecule has 6 nitrogen and oxygen atoms in total. The highest BCUT2D eigenvalue weighted by molar-refractivity contribution is 5.66. The molecule has 0 amide bonds. The highest BCUT2D eigenvalue weighted by Gasteiger charge is 2.12. The Hall–Kier alpha value is -2.47. The second kappa shape index (κ2) is 4.42. The molecule has 0 unspecified atom stereocenters. The molecule has 18 heavy (non-hydrogen) atoms. The maximum absolute atomic E-state index is 5.46. The molecular weight excluding hydrogens is 230 g/mol. The fourth-order valence-electron chi connectivity index (χ4n) is 1.74. The van der Waals surface area contributed by atoms with E-state index in [2.05, 4.69) is 15.1 Å². The minimum atomic E-state index is 0.236. The van der Waals surface area contributed by atoms with Gasteiger partial charge in [-0.05, 0) is 12.1 Å². The first-order valence-electron chi connectivity index (χ1n) is 5.49. The molecule has 0 aliphatic carbocycles. The fourth-order valence-corrected chi connectivity index (χ4v) is 1.74. The lowest BCUT2D eigenvalue weighted by Crippen LogP contribution is -1.97. The van der Waals surface area contributed by atoms with Crippen LogP contribution in [0.15, 0.2) is 47.5 Å². The fraction of sp³-hybridized carbons (Fsp3) is 0.0833. The molecule has 2 N–H and O–H groups in total. The molecule has 0 saturated heterocycles. The van der Waals surface area contributed by atoms with E-state index < -0.39 is 0 Å². The molecular formula is C12H11N5O. The topological polar surface area (TPSA) is 82.8 Å². The van der Waals surface area contributed by atoms with Gasteiger partial charge in [-0.3, -0.25) is 0 Å². The van der Waals surface area contributed by atoms with E-state index in [0.29, 0.717) is 11.7 Å². The van der Waals surface area contributed by atoms with Gasteiger partial charge in [0.2, 0.25) is 11.7 Å². The van der Waals surface area contributed by atoms with Crippen LogP contribution in [0.3, 0.4) is 0 Å². The number of nitrogens with two attached hydrogens (primary N) is 1. The third kappa shape index (κ3) is 1.78. The molecule has 1 aromatic carbocycles. The van der Waals surface area contributed by atoms with Crippen LogP contribution in [0.4, 0.5) is 0 Å². The van der Waals surface area contributed by atoms with Crippen LogP contribution in [-0.4, -0.2) is 19.7 Å². The van der Waals surface area contributed by atoms with Gasteiger partial charge >= 0.3 is 0 Å². The lowest BCUT2D eigenvalue weighted by atomic mass is 10.1. The largest absolute Gasteiger partial charge is 0.338 e. The van der Waals surface area contributed by atoms with Crippen molar-refractivity contribution in [1.82, 2.24) is 19.7 Å². The van der Waals surface area contributed by atoms with Gasteiger partial charge in [-0.1, -0.05) is 17.3 Å². The molecule has 0 aliphatic heterocycles. The summed E-state index contributed by atoms with van der Waals surface area (Å²) in [6, 6.07) is 7.77. The Labute approximate surface area is 103 Å². The van der Waals surface area contributed by atoms with Gasteiger partial charge in [-0.15, -0.1) is 0 Å². The quantitative estimate of drug-likeness (QED) is 0.749. The van der Waals surface area contributed by atoms with Crippen molar-refractivity contribution < 1.29 is 4.52 Å². The number of para-hydroxylation sites is 1. The van der Waals surface area contributed by atoms with E-state index >= 15 is 0 Å². The van der Waals surface area contributed by atoms with E-state index in [9.17, 15) is 0 Å². The van der Waals surface area contributed by atoms with Gasteiger partial charge in [0.15, 0.2) is 0 Å². The van der Waals surface area contributed by atoms with Gasteiger partial charge < -0.3 is 14.8 Å². The normalized spacial score (nSPS) is 10.7. The van der Waals surface area contributed by atoms with E-state index in [4.69, 9.17) is 10.3 Å². The second-order valence-corrected chi connectivity index (χ2v) is 3.70. The Bertz CT molecular complexity index is 644. The van der Waals surface area contributed by atoms with Crippen LogP contribution in [0.5, 0.6) is 0 Å². The van der Waals surface area contributed by atoms with E-state index in [-0.39, 0.29) is 6.54 Å². The minimum Gasteiger partial charge on any atom is -0.338 e. The van der Waals surface area contributed by atoms with Crippen LogP contribution in [0.1, 0.15) is 5.89 Å². The van der Waals surface area contributed by atoms with E-state index in [1.807, 2.05) is 35.0 Å². The molecule has 6 heteroatoms. The number of nitrogens with zero attached hydrogens (tertiary/aromatic N) is 4. The molecule has 2 heterocycles. The molecule has 3 aromatic rings. The molecule has 0 bridgehead atoms. The van der Waals surface area contributed by atoms with E-state index in [1.54, 1.807) is 12.5 Å². The van der Waals surface area contributed by atoms with Crippen LogP contribution in [0, 0.1) is 0 Å². The summed E-state index contributed by atoms with van der Waals surface area (Å²) >= 11 is 0. The summed E-state index contributed by atoms with van der Waals surface area (Å²) in [5, 5.41) is 3.93. The monoisotopic (exact) mass is 241 g/mol. The number of rotatable bonds is 3. The maximum atomic E-state index is 5.46. The van der Waals surface area contributed by atoms with Crippen molar-refractivity contribution in [2.75, 3.05) is 0 Å². The van der Waals surface area contributed by atoms with Crippen molar-refractivity contribution in [3.8, 4) is 17.1 Å². The molecule has 90 valence electrons. The smallest absolute Gasteiger partial charge is 0.240 e. The SMILES string of the molecule is NCc1nc(-c2ccccc2-n2ccnc2)no1. The zero-order valence-corrected chi connectivity index (χ0v) is 9.52. The van der Waals surface area contributed by atoms with Crippen molar-refractivity contribution in [1.29, 1.82) is 0 Å². The number of benzene rings is 1. The minimum absolute atomic E-state index is 0.236. The van der Waals surface area contributed by atoms with Gasteiger partial charge in [0, 0.05) is 18.0 Å². The predicted molar refractivity (Wildman–Crippen MR) is 64.7 cm³/mol. The number of imidazole rings is 1. The van der Waals surface area contributed by atoms with Crippen molar-refractivity contribution in [3.05, 3.63) is 48.9 Å². The highest BCUT2D eigenvalue weighted by Crippen LogP contribution is 2.23. The molecule has 3 rings (SSSR count). The standard InChI is InChI=1S/C12H11N5O/c13-7-11-15-12(16-18-11)9-3-1-2-4-10(9)17-6-5-14-8-17/h1-6,8H,7,13H2. The average molecular weight is 241 g/mol. The van der Waals surface area contributed by atoms with Crippen LogP contribution in [0.2, 0.25) is 0 Å². The summed E-state index contributed by atoms with van der Waals surface area (Å²) in [5.74, 6) is 0.949. The molecule has 0 fully saturated rings. The van der Waals surface area contributed by atoms with Gasteiger partial charge in [0.25, 0.3) is 0 Å². The third-order valence-corrected chi connectivity index (χ3v) is 2.57.